The Morgan fingerprint density at radius 3 is 2.50 bits per heavy atom. The van der Waals surface area contributed by atoms with Crippen LogP contribution in [-0.2, 0) is 11.3 Å². The summed E-state index contributed by atoms with van der Waals surface area (Å²) in [5.41, 5.74) is 1.19. The molecular weight excluding hydrogens is 316 g/mol. The zero-order chi connectivity index (χ0) is 17.3. The number of aliphatic carboxylic acids is 1. The van der Waals surface area contributed by atoms with E-state index in [1.54, 1.807) is 18.2 Å². The van der Waals surface area contributed by atoms with Crippen LogP contribution in [0.1, 0.15) is 40.4 Å². The molecular formula is C18H15F2NO3. The maximum Gasteiger partial charge on any atom is 0.303 e. The van der Waals surface area contributed by atoms with E-state index in [1.807, 2.05) is 0 Å². The zero-order valence-corrected chi connectivity index (χ0v) is 12.7. The molecule has 1 aliphatic rings. The first-order valence-electron chi connectivity index (χ1n) is 7.53. The number of fused-ring (bicyclic) bond motifs is 1. The first-order valence-corrected chi connectivity index (χ1v) is 7.53. The van der Waals surface area contributed by atoms with Crippen molar-refractivity contribution in [2.45, 2.75) is 25.4 Å². The van der Waals surface area contributed by atoms with Gasteiger partial charge in [0.15, 0.2) is 0 Å². The average molecular weight is 331 g/mol. The Balaban J connectivity index is 1.93. The lowest BCUT2D eigenvalue weighted by atomic mass is 10.0. The van der Waals surface area contributed by atoms with Crippen molar-refractivity contribution in [3.8, 4) is 0 Å². The number of nitrogens with zero attached hydrogens (tertiary/aromatic N) is 1. The van der Waals surface area contributed by atoms with Gasteiger partial charge in [0.2, 0.25) is 0 Å². The summed E-state index contributed by atoms with van der Waals surface area (Å²) in [6, 6.07) is 9.54. The average Bonchev–Trinajstić information content (AvgIpc) is 2.81. The van der Waals surface area contributed by atoms with Gasteiger partial charge in [0, 0.05) is 13.0 Å². The van der Waals surface area contributed by atoms with Crippen LogP contribution < -0.4 is 0 Å². The van der Waals surface area contributed by atoms with Gasteiger partial charge in [0.1, 0.15) is 11.6 Å². The highest BCUT2D eigenvalue weighted by atomic mass is 19.1. The van der Waals surface area contributed by atoms with Crippen LogP contribution in [-0.4, -0.2) is 21.9 Å². The van der Waals surface area contributed by atoms with Crippen molar-refractivity contribution in [1.82, 2.24) is 4.90 Å². The number of carbonyl (C=O) groups excluding carboxylic acids is 1. The van der Waals surface area contributed by atoms with Crippen LogP contribution in [0.25, 0.3) is 0 Å². The van der Waals surface area contributed by atoms with E-state index < -0.39 is 23.7 Å². The first kappa shape index (κ1) is 16.1. The van der Waals surface area contributed by atoms with Crippen LogP contribution in [0.4, 0.5) is 8.78 Å². The minimum atomic E-state index is -0.978. The molecule has 4 nitrogen and oxygen atoms in total. The molecule has 3 rings (SSSR count). The molecule has 124 valence electrons. The molecule has 0 aromatic heterocycles. The smallest absolute Gasteiger partial charge is 0.303 e. The molecule has 1 atom stereocenters. The number of carboxylic acid groups (broad SMARTS) is 1. The number of hydrogen-bond acceptors (Lipinski definition) is 2. The molecule has 1 amide bonds. The van der Waals surface area contributed by atoms with Crippen LogP contribution in [0.5, 0.6) is 0 Å². The largest absolute Gasteiger partial charge is 0.481 e. The van der Waals surface area contributed by atoms with Gasteiger partial charge in [0.05, 0.1) is 11.6 Å². The number of halogens is 2. The molecule has 0 spiro atoms. The van der Waals surface area contributed by atoms with Crippen molar-refractivity contribution in [2.75, 3.05) is 0 Å². The van der Waals surface area contributed by atoms with Crippen LogP contribution in [0.3, 0.4) is 0 Å². The molecule has 0 radical (unpaired) electrons. The highest BCUT2D eigenvalue weighted by Crippen LogP contribution is 2.38. The summed E-state index contributed by atoms with van der Waals surface area (Å²) in [5.74, 6) is -2.44. The second kappa shape index (κ2) is 6.39. The molecule has 0 saturated heterocycles. The van der Waals surface area contributed by atoms with E-state index in [0.29, 0.717) is 11.1 Å². The van der Waals surface area contributed by atoms with Gasteiger partial charge in [-0.05, 0) is 35.7 Å². The lowest BCUT2D eigenvalue weighted by molar-refractivity contribution is -0.137. The summed E-state index contributed by atoms with van der Waals surface area (Å²) < 4.78 is 27.1. The molecule has 1 heterocycles. The predicted octanol–water partition coefficient (Wildman–Crippen LogP) is 3.53. The number of carboxylic acids is 1. The van der Waals surface area contributed by atoms with E-state index in [0.717, 1.165) is 0 Å². The normalized spacial score (nSPS) is 16.3. The van der Waals surface area contributed by atoms with E-state index in [4.69, 9.17) is 5.11 Å². The summed E-state index contributed by atoms with van der Waals surface area (Å²) in [7, 11) is 0. The third-order valence-corrected chi connectivity index (χ3v) is 4.15. The van der Waals surface area contributed by atoms with E-state index in [1.165, 1.54) is 29.2 Å². The van der Waals surface area contributed by atoms with Crippen molar-refractivity contribution >= 4 is 11.9 Å². The van der Waals surface area contributed by atoms with Gasteiger partial charge in [-0.25, -0.2) is 8.78 Å². The molecule has 0 aliphatic carbocycles. The Morgan fingerprint density at radius 1 is 1.12 bits per heavy atom. The Labute approximate surface area is 137 Å². The minimum absolute atomic E-state index is 0.00463. The summed E-state index contributed by atoms with van der Waals surface area (Å²) in [6.07, 6.45) is 0.0620. The molecule has 0 fully saturated rings. The van der Waals surface area contributed by atoms with E-state index >= 15 is 0 Å². The van der Waals surface area contributed by atoms with Gasteiger partial charge < -0.3 is 10.0 Å². The standard InChI is InChI=1S/C18H15F2NO3/c19-12-6-4-11(5-7-12)10-21-15(8-9-16(22)23)13-2-1-3-14(20)17(13)18(21)24/h1-7,15H,8-10H2,(H,22,23). The monoisotopic (exact) mass is 331 g/mol. The SMILES string of the molecule is O=C(O)CCC1c2cccc(F)c2C(=O)N1Cc1ccc(F)cc1. The Morgan fingerprint density at radius 2 is 1.83 bits per heavy atom. The van der Waals surface area contributed by atoms with Gasteiger partial charge in [-0.15, -0.1) is 0 Å². The Kier molecular flexibility index (Phi) is 4.29. The fourth-order valence-corrected chi connectivity index (χ4v) is 3.04. The van der Waals surface area contributed by atoms with Crippen molar-refractivity contribution in [3.05, 3.63) is 70.8 Å². The van der Waals surface area contributed by atoms with E-state index in [9.17, 15) is 18.4 Å². The summed E-state index contributed by atoms with van der Waals surface area (Å²) in [6.45, 7) is 0.164. The number of benzene rings is 2. The molecule has 1 N–H and O–H groups in total. The highest BCUT2D eigenvalue weighted by molar-refractivity contribution is 5.99. The van der Waals surface area contributed by atoms with Crippen LogP contribution in [0.15, 0.2) is 42.5 Å². The maximum absolute atomic E-state index is 14.1. The highest BCUT2D eigenvalue weighted by Gasteiger charge is 2.38. The van der Waals surface area contributed by atoms with Crippen LogP contribution in [0, 0.1) is 11.6 Å². The summed E-state index contributed by atoms with van der Waals surface area (Å²) >= 11 is 0. The molecule has 1 aliphatic heterocycles. The second-order valence-corrected chi connectivity index (χ2v) is 5.71. The summed E-state index contributed by atoms with van der Waals surface area (Å²) in [5, 5.41) is 8.93. The molecule has 1 unspecified atom stereocenters. The quantitative estimate of drug-likeness (QED) is 0.912. The fourth-order valence-electron chi connectivity index (χ4n) is 3.04. The third kappa shape index (κ3) is 2.99. The summed E-state index contributed by atoms with van der Waals surface area (Å²) in [4.78, 5) is 25.0. The van der Waals surface area contributed by atoms with Gasteiger partial charge in [-0.2, -0.15) is 0 Å². The topological polar surface area (TPSA) is 57.6 Å². The molecule has 2 aromatic rings. The molecule has 6 heteroatoms. The molecule has 0 bridgehead atoms. The van der Waals surface area contributed by atoms with Crippen LogP contribution in [0.2, 0.25) is 0 Å². The minimum Gasteiger partial charge on any atom is -0.481 e. The predicted molar refractivity (Wildman–Crippen MR) is 82.3 cm³/mol. The van der Waals surface area contributed by atoms with Crippen molar-refractivity contribution in [1.29, 1.82) is 0 Å². The van der Waals surface area contributed by atoms with E-state index in [-0.39, 0.29) is 30.8 Å². The number of amides is 1. The third-order valence-electron chi connectivity index (χ3n) is 4.15. The van der Waals surface area contributed by atoms with Gasteiger partial charge in [-0.1, -0.05) is 24.3 Å². The Hall–Kier alpha value is -2.76. The first-order chi connectivity index (χ1) is 11.5. The second-order valence-electron chi connectivity index (χ2n) is 5.71. The van der Waals surface area contributed by atoms with Crippen molar-refractivity contribution in [3.63, 3.8) is 0 Å². The number of rotatable bonds is 5. The number of carbonyl (C=O) groups is 2. The number of hydrogen-bond donors (Lipinski definition) is 1. The molecule has 0 saturated carbocycles. The molecule has 24 heavy (non-hydrogen) atoms. The lowest BCUT2D eigenvalue weighted by Crippen LogP contribution is -2.28. The zero-order valence-electron chi connectivity index (χ0n) is 12.7. The van der Waals surface area contributed by atoms with Gasteiger partial charge >= 0.3 is 5.97 Å². The van der Waals surface area contributed by atoms with Crippen LogP contribution >= 0.6 is 0 Å². The van der Waals surface area contributed by atoms with E-state index in [2.05, 4.69) is 0 Å². The van der Waals surface area contributed by atoms with Crippen molar-refractivity contribution < 1.29 is 23.5 Å². The molecule has 2 aromatic carbocycles. The maximum atomic E-state index is 14.1. The van der Waals surface area contributed by atoms with Crippen molar-refractivity contribution in [2.24, 2.45) is 0 Å². The van der Waals surface area contributed by atoms with Gasteiger partial charge in [-0.3, -0.25) is 9.59 Å². The lowest BCUT2D eigenvalue weighted by Gasteiger charge is -2.25. The fraction of sp³-hybridized carbons (Fsp3) is 0.222. The Bertz CT molecular complexity index is 789. The van der Waals surface area contributed by atoms with Gasteiger partial charge in [0.25, 0.3) is 5.91 Å².